The Balaban J connectivity index is 0.00000180. The normalized spacial score (nSPS) is 18.0. The van der Waals surface area contributed by atoms with Crippen LogP contribution in [0.25, 0.3) is 0 Å². The quantitative estimate of drug-likeness (QED) is 0.919. The Morgan fingerprint density at radius 3 is 2.89 bits per heavy atom. The molecule has 1 unspecified atom stereocenters. The summed E-state index contributed by atoms with van der Waals surface area (Å²) in [5.74, 6) is 0.725. The maximum atomic E-state index is 12.5. The molecule has 2 rings (SSSR count). The van der Waals surface area contributed by atoms with E-state index < -0.39 is 0 Å². The third kappa shape index (κ3) is 3.39. The van der Waals surface area contributed by atoms with Crippen LogP contribution >= 0.6 is 12.4 Å². The van der Waals surface area contributed by atoms with E-state index in [-0.39, 0.29) is 18.3 Å². The number of nitrogens with one attached hydrogen (secondary N) is 1. The molecule has 1 amide bonds. The minimum Gasteiger partial charge on any atom is -0.496 e. The van der Waals surface area contributed by atoms with Crippen LogP contribution in [0.15, 0.2) is 24.3 Å². The van der Waals surface area contributed by atoms with Crippen molar-refractivity contribution in [2.24, 2.45) is 0 Å². The molecule has 1 aromatic rings. The number of methoxy groups -OCH3 is 1. The zero-order chi connectivity index (χ0) is 13.0. The van der Waals surface area contributed by atoms with Gasteiger partial charge in [0.1, 0.15) is 5.75 Å². The molecule has 0 aliphatic carbocycles. The second kappa shape index (κ2) is 7.36. The molecule has 1 atom stereocenters. The van der Waals surface area contributed by atoms with E-state index in [1.165, 1.54) is 0 Å². The van der Waals surface area contributed by atoms with Crippen LogP contribution in [-0.4, -0.2) is 44.1 Å². The second-order valence-electron chi connectivity index (χ2n) is 4.55. The number of hydrogen-bond donors (Lipinski definition) is 1. The van der Waals surface area contributed by atoms with Crippen LogP contribution in [0.5, 0.6) is 5.75 Å². The fourth-order valence-corrected chi connectivity index (χ4v) is 2.53. The molecule has 1 aliphatic heterocycles. The number of nitrogens with zero attached hydrogens (tertiary/aromatic N) is 1. The first-order chi connectivity index (χ1) is 8.77. The highest BCUT2D eigenvalue weighted by Gasteiger charge is 2.29. The van der Waals surface area contributed by atoms with Gasteiger partial charge in [-0.25, -0.2) is 0 Å². The number of hydrogen-bond acceptors (Lipinski definition) is 3. The lowest BCUT2D eigenvalue weighted by atomic mass is 10.1. The molecule has 5 heteroatoms. The summed E-state index contributed by atoms with van der Waals surface area (Å²) in [5, 5.41) is 3.15. The van der Waals surface area contributed by atoms with Gasteiger partial charge in [-0.1, -0.05) is 12.1 Å². The summed E-state index contributed by atoms with van der Waals surface area (Å²) in [6.45, 7) is 1.68. The van der Waals surface area contributed by atoms with Crippen LogP contribution in [-0.2, 0) is 0 Å². The van der Waals surface area contributed by atoms with E-state index in [1.807, 2.05) is 36.2 Å². The smallest absolute Gasteiger partial charge is 0.257 e. The summed E-state index contributed by atoms with van der Waals surface area (Å²) in [4.78, 5) is 14.5. The lowest BCUT2D eigenvalue weighted by molar-refractivity contribution is 0.0733. The number of likely N-dealkylation sites (N-methyl/N-ethyl adjacent to an activating group) is 1. The van der Waals surface area contributed by atoms with E-state index >= 15 is 0 Å². The fraction of sp³-hybridized carbons (Fsp3) is 0.500. The van der Waals surface area contributed by atoms with Crippen LogP contribution < -0.4 is 10.1 Å². The fourth-order valence-electron chi connectivity index (χ4n) is 2.53. The van der Waals surface area contributed by atoms with E-state index in [0.29, 0.717) is 17.4 Å². The van der Waals surface area contributed by atoms with E-state index in [2.05, 4.69) is 5.32 Å². The zero-order valence-electron chi connectivity index (χ0n) is 11.4. The predicted octanol–water partition coefficient (Wildman–Crippen LogP) is 1.94. The molecule has 1 saturated heterocycles. The van der Waals surface area contributed by atoms with E-state index in [0.717, 1.165) is 25.9 Å². The van der Waals surface area contributed by atoms with Crippen molar-refractivity contribution in [3.8, 4) is 5.75 Å². The van der Waals surface area contributed by atoms with Crippen LogP contribution in [0, 0.1) is 0 Å². The van der Waals surface area contributed by atoms with Crippen LogP contribution in [0.2, 0.25) is 0 Å². The lowest BCUT2D eigenvalue weighted by Gasteiger charge is -2.25. The number of amides is 1. The molecule has 106 valence electrons. The number of para-hydroxylation sites is 1. The maximum Gasteiger partial charge on any atom is 0.257 e. The van der Waals surface area contributed by atoms with Gasteiger partial charge in [0, 0.05) is 19.1 Å². The molecule has 1 fully saturated rings. The number of carbonyl (C=O) groups is 1. The van der Waals surface area contributed by atoms with Crippen molar-refractivity contribution in [3.05, 3.63) is 29.8 Å². The first kappa shape index (κ1) is 15.8. The molecule has 0 saturated carbocycles. The molecule has 0 aromatic heterocycles. The third-order valence-corrected chi connectivity index (χ3v) is 3.42. The standard InChI is InChI=1S/C14H20N2O2.ClH/c1-15-10-11-6-5-9-16(11)14(17)12-7-3-4-8-13(12)18-2;/h3-4,7-8,11,15H,5-6,9-10H2,1-2H3;1H. The molecule has 0 bridgehead atoms. The highest BCUT2D eigenvalue weighted by molar-refractivity contribution is 5.97. The topological polar surface area (TPSA) is 41.6 Å². The monoisotopic (exact) mass is 284 g/mol. The van der Waals surface area contributed by atoms with Gasteiger partial charge in [0.2, 0.25) is 0 Å². The van der Waals surface area contributed by atoms with Crippen LogP contribution in [0.3, 0.4) is 0 Å². The average molecular weight is 285 g/mol. The Morgan fingerprint density at radius 1 is 1.47 bits per heavy atom. The number of likely N-dealkylation sites (tertiary alicyclic amines) is 1. The number of ether oxygens (including phenoxy) is 1. The summed E-state index contributed by atoms with van der Waals surface area (Å²) in [5.41, 5.74) is 0.656. The Labute approximate surface area is 120 Å². The van der Waals surface area contributed by atoms with Crippen LogP contribution in [0.1, 0.15) is 23.2 Å². The van der Waals surface area contributed by atoms with E-state index in [1.54, 1.807) is 7.11 Å². The Morgan fingerprint density at radius 2 is 2.21 bits per heavy atom. The van der Waals surface area contributed by atoms with Gasteiger partial charge in [-0.2, -0.15) is 0 Å². The Hall–Kier alpha value is -1.26. The molecule has 0 spiro atoms. The lowest BCUT2D eigenvalue weighted by Crippen LogP contribution is -2.40. The van der Waals surface area contributed by atoms with Crippen LogP contribution in [0.4, 0.5) is 0 Å². The van der Waals surface area contributed by atoms with Crippen molar-refractivity contribution in [2.75, 3.05) is 27.2 Å². The predicted molar refractivity (Wildman–Crippen MR) is 78.2 cm³/mol. The Bertz CT molecular complexity index is 426. The third-order valence-electron chi connectivity index (χ3n) is 3.42. The number of carbonyl (C=O) groups excluding carboxylic acids is 1. The van der Waals surface area contributed by atoms with Gasteiger partial charge in [0.15, 0.2) is 0 Å². The summed E-state index contributed by atoms with van der Waals surface area (Å²) in [6, 6.07) is 7.71. The van der Waals surface area contributed by atoms with Crippen molar-refractivity contribution in [1.29, 1.82) is 0 Å². The average Bonchev–Trinajstić information content (AvgIpc) is 2.86. The van der Waals surface area contributed by atoms with Gasteiger partial charge in [-0.05, 0) is 32.0 Å². The van der Waals surface area contributed by atoms with Gasteiger partial charge in [0.05, 0.1) is 12.7 Å². The van der Waals surface area contributed by atoms with Crippen molar-refractivity contribution in [2.45, 2.75) is 18.9 Å². The van der Waals surface area contributed by atoms with Gasteiger partial charge in [-0.15, -0.1) is 12.4 Å². The summed E-state index contributed by atoms with van der Waals surface area (Å²) >= 11 is 0. The highest BCUT2D eigenvalue weighted by Crippen LogP contribution is 2.24. The molecule has 1 N–H and O–H groups in total. The number of benzene rings is 1. The van der Waals surface area contributed by atoms with Gasteiger partial charge in [0.25, 0.3) is 5.91 Å². The summed E-state index contributed by atoms with van der Waals surface area (Å²) in [7, 11) is 3.52. The van der Waals surface area contributed by atoms with Gasteiger partial charge in [-0.3, -0.25) is 4.79 Å². The van der Waals surface area contributed by atoms with Crippen molar-refractivity contribution in [3.63, 3.8) is 0 Å². The van der Waals surface area contributed by atoms with E-state index in [4.69, 9.17) is 4.74 Å². The minimum absolute atomic E-state index is 0. The minimum atomic E-state index is 0. The number of halogens is 1. The molecule has 19 heavy (non-hydrogen) atoms. The summed E-state index contributed by atoms with van der Waals surface area (Å²) in [6.07, 6.45) is 2.15. The molecule has 1 aromatic carbocycles. The first-order valence-electron chi connectivity index (χ1n) is 6.36. The second-order valence-corrected chi connectivity index (χ2v) is 4.55. The van der Waals surface area contributed by atoms with Crippen molar-refractivity contribution < 1.29 is 9.53 Å². The van der Waals surface area contributed by atoms with Crippen molar-refractivity contribution >= 4 is 18.3 Å². The molecular formula is C14H21ClN2O2. The highest BCUT2D eigenvalue weighted by atomic mass is 35.5. The largest absolute Gasteiger partial charge is 0.496 e. The van der Waals surface area contributed by atoms with E-state index in [9.17, 15) is 4.79 Å². The maximum absolute atomic E-state index is 12.5. The molecule has 0 radical (unpaired) electrons. The molecule has 4 nitrogen and oxygen atoms in total. The van der Waals surface area contributed by atoms with Gasteiger partial charge >= 0.3 is 0 Å². The number of rotatable bonds is 4. The molecular weight excluding hydrogens is 264 g/mol. The summed E-state index contributed by atoms with van der Waals surface area (Å²) < 4.78 is 5.26. The van der Waals surface area contributed by atoms with Crippen molar-refractivity contribution in [1.82, 2.24) is 10.2 Å². The zero-order valence-corrected chi connectivity index (χ0v) is 12.2. The molecule has 1 heterocycles. The Kier molecular flexibility index (Phi) is 6.12. The first-order valence-corrected chi connectivity index (χ1v) is 6.36. The molecule has 1 aliphatic rings. The van der Waals surface area contributed by atoms with Gasteiger partial charge < -0.3 is 15.0 Å². The SMILES string of the molecule is CNCC1CCCN1C(=O)c1ccccc1OC.Cl.